The molecule has 4 aliphatic heterocycles. The van der Waals surface area contributed by atoms with E-state index in [1.54, 1.807) is 0 Å². The van der Waals surface area contributed by atoms with E-state index in [4.69, 9.17) is 37.9 Å². The van der Waals surface area contributed by atoms with Gasteiger partial charge in [-0.15, -0.1) is 0 Å². The lowest BCUT2D eigenvalue weighted by Crippen LogP contribution is -2.68. The number of carboxylic acids is 1. The van der Waals surface area contributed by atoms with Crippen LogP contribution in [0.25, 0.3) is 0 Å². The van der Waals surface area contributed by atoms with Crippen LogP contribution in [0, 0.1) is 50.2 Å². The Balaban J connectivity index is 1.01. The molecular formula is C53H86O22. The molecule has 26 atom stereocenters. The highest BCUT2D eigenvalue weighted by Crippen LogP contribution is 2.76. The second-order valence-corrected chi connectivity index (χ2v) is 26.0. The second kappa shape index (κ2) is 20.7. The normalized spacial score (nSPS) is 53.4. The summed E-state index contributed by atoms with van der Waals surface area (Å²) in [6.45, 7) is 12.1. The third-order valence-electron chi connectivity index (χ3n) is 21.2. The highest BCUT2D eigenvalue weighted by molar-refractivity contribution is 5.76. The van der Waals surface area contributed by atoms with Gasteiger partial charge in [-0.2, -0.15) is 0 Å². The molecule has 13 N–H and O–H groups in total. The average molecular weight is 1080 g/mol. The van der Waals surface area contributed by atoms with Gasteiger partial charge in [-0.3, -0.25) is 4.79 Å². The van der Waals surface area contributed by atoms with Crippen molar-refractivity contribution in [2.75, 3.05) is 33.0 Å². The van der Waals surface area contributed by atoms with Crippen LogP contribution in [0.4, 0.5) is 0 Å². The quantitative estimate of drug-likeness (QED) is 0.0791. The van der Waals surface area contributed by atoms with E-state index >= 15 is 0 Å². The molecule has 0 aromatic rings. The molecule has 9 aliphatic rings. The molecule has 9 rings (SSSR count). The summed E-state index contributed by atoms with van der Waals surface area (Å²) in [6.07, 6.45) is -20.4. The molecule has 0 aromatic carbocycles. The van der Waals surface area contributed by atoms with Crippen molar-refractivity contribution in [3.05, 3.63) is 11.6 Å². The lowest BCUT2D eigenvalue weighted by molar-refractivity contribution is -0.402. The van der Waals surface area contributed by atoms with Crippen LogP contribution in [0.15, 0.2) is 11.6 Å². The first-order chi connectivity index (χ1) is 35.1. The van der Waals surface area contributed by atoms with Crippen molar-refractivity contribution < 1.29 is 109 Å². The molecule has 4 heterocycles. The van der Waals surface area contributed by atoms with E-state index in [0.29, 0.717) is 19.3 Å². The Morgan fingerprint density at radius 2 is 1.19 bits per heavy atom. The number of rotatable bonds is 13. The molecule has 0 radical (unpaired) electrons. The second-order valence-electron chi connectivity index (χ2n) is 26.0. The largest absolute Gasteiger partial charge is 0.481 e. The van der Waals surface area contributed by atoms with Gasteiger partial charge >= 0.3 is 5.97 Å². The van der Waals surface area contributed by atoms with Gasteiger partial charge in [0.25, 0.3) is 0 Å². The molecule has 430 valence electrons. The number of hydrogen-bond donors (Lipinski definition) is 13. The van der Waals surface area contributed by atoms with Gasteiger partial charge in [0.1, 0.15) is 85.0 Å². The maximum absolute atomic E-state index is 13.2. The number of carboxylic acid groups (broad SMARTS) is 1. The van der Waals surface area contributed by atoms with E-state index in [-0.39, 0.29) is 39.4 Å². The lowest BCUT2D eigenvalue weighted by Gasteiger charge is -2.71. The van der Waals surface area contributed by atoms with E-state index < -0.39 is 166 Å². The fourth-order valence-electron chi connectivity index (χ4n) is 16.3. The third-order valence-corrected chi connectivity index (χ3v) is 21.2. The van der Waals surface area contributed by atoms with Gasteiger partial charge < -0.3 is 104 Å². The van der Waals surface area contributed by atoms with Crippen molar-refractivity contribution in [3.8, 4) is 0 Å². The van der Waals surface area contributed by atoms with Crippen LogP contribution < -0.4 is 0 Å². The predicted octanol–water partition coefficient (Wildman–Crippen LogP) is -0.829. The van der Waals surface area contributed by atoms with E-state index in [2.05, 4.69) is 54.5 Å². The minimum atomic E-state index is -2.15. The van der Waals surface area contributed by atoms with Gasteiger partial charge in [0.15, 0.2) is 25.2 Å². The fourth-order valence-corrected chi connectivity index (χ4v) is 16.3. The van der Waals surface area contributed by atoms with Crippen LogP contribution in [0.5, 0.6) is 0 Å². The summed E-state index contributed by atoms with van der Waals surface area (Å²) in [5.41, 5.74) is -2.72. The minimum absolute atomic E-state index is 0.0259. The predicted molar refractivity (Wildman–Crippen MR) is 257 cm³/mol. The summed E-state index contributed by atoms with van der Waals surface area (Å²) in [4.78, 5) is 13.2. The lowest BCUT2D eigenvalue weighted by atomic mass is 9.33. The summed E-state index contributed by atoms with van der Waals surface area (Å²) in [7, 11) is 0. The monoisotopic (exact) mass is 1070 g/mol. The first-order valence-electron chi connectivity index (χ1n) is 27.2. The number of aliphatic hydroxyl groups is 12. The van der Waals surface area contributed by atoms with E-state index in [1.165, 1.54) is 5.57 Å². The SMILES string of the molecule is CC1(C)CC[C@]2(C(=O)O)CC[C@]3(C)C(=CC[C@@H]4[C@@]5(C)CC[C@H](O[C@@H]6O[C@H](CO)[C@@H](O)[C@H](O[C@@H]7O[C@H](CO)[C@H](O)[C@H](O[C@@H]8OC[C@](O)(CO)[C@H]8O)[C@H]7O)[C@H]6O[C@@H]6O[C@H](CO)[C@@H](O)[C@H](O)[C@H]6O)C(C)(C)[C@@H]5CC[C@]43C)[C@@H]2C1. The Bertz CT molecular complexity index is 2080. The topological polar surface area (TPSA) is 354 Å². The number of hydrogen-bond acceptors (Lipinski definition) is 21. The van der Waals surface area contributed by atoms with Gasteiger partial charge in [0, 0.05) is 0 Å². The van der Waals surface area contributed by atoms with Gasteiger partial charge in [0.2, 0.25) is 0 Å². The number of aliphatic carboxylic acids is 1. The van der Waals surface area contributed by atoms with Crippen LogP contribution in [-0.2, 0) is 42.7 Å². The number of aliphatic hydroxyl groups excluding tert-OH is 11. The zero-order valence-corrected chi connectivity index (χ0v) is 44.3. The Labute approximate surface area is 437 Å². The minimum Gasteiger partial charge on any atom is -0.481 e. The van der Waals surface area contributed by atoms with Crippen LogP contribution in [0.2, 0.25) is 0 Å². The van der Waals surface area contributed by atoms with Crippen molar-refractivity contribution in [1.29, 1.82) is 0 Å². The third kappa shape index (κ3) is 9.31. The van der Waals surface area contributed by atoms with E-state index in [1.807, 2.05) is 0 Å². The van der Waals surface area contributed by atoms with Crippen molar-refractivity contribution in [2.24, 2.45) is 50.2 Å². The molecule has 0 aromatic heterocycles. The summed E-state index contributed by atoms with van der Waals surface area (Å²) >= 11 is 0. The Morgan fingerprint density at radius 1 is 0.613 bits per heavy atom. The first kappa shape index (κ1) is 58.1. The maximum atomic E-state index is 13.2. The fraction of sp³-hybridized carbons (Fsp3) is 0.943. The molecule has 0 unspecified atom stereocenters. The summed E-state index contributed by atoms with van der Waals surface area (Å²) in [5, 5.41) is 141. The molecule has 22 nitrogen and oxygen atoms in total. The Hall–Kier alpha value is -1.59. The summed E-state index contributed by atoms with van der Waals surface area (Å²) in [5.74, 6) is -0.396. The van der Waals surface area contributed by atoms with Crippen LogP contribution in [-0.4, -0.2) is 222 Å². The number of carbonyl (C=O) groups is 1. The van der Waals surface area contributed by atoms with Gasteiger partial charge in [-0.25, -0.2) is 0 Å². The smallest absolute Gasteiger partial charge is 0.310 e. The van der Waals surface area contributed by atoms with Gasteiger partial charge in [-0.05, 0) is 109 Å². The van der Waals surface area contributed by atoms with Crippen molar-refractivity contribution in [2.45, 2.75) is 229 Å². The molecule has 8 fully saturated rings. The zero-order chi connectivity index (χ0) is 54.7. The van der Waals surface area contributed by atoms with E-state index in [0.717, 1.165) is 44.9 Å². The number of ether oxygens (including phenoxy) is 8. The van der Waals surface area contributed by atoms with E-state index in [9.17, 15) is 71.2 Å². The zero-order valence-electron chi connectivity index (χ0n) is 44.3. The molecule has 75 heavy (non-hydrogen) atoms. The first-order valence-corrected chi connectivity index (χ1v) is 27.2. The molecule has 0 amide bonds. The summed E-state index contributed by atoms with van der Waals surface area (Å²) < 4.78 is 48.9. The molecule has 22 heteroatoms. The average Bonchev–Trinajstić information content (AvgIpc) is 3.65. The molecule has 5 aliphatic carbocycles. The number of fused-ring (bicyclic) bond motifs is 7. The van der Waals surface area contributed by atoms with Crippen molar-refractivity contribution in [1.82, 2.24) is 0 Å². The highest BCUT2D eigenvalue weighted by atomic mass is 16.8. The van der Waals surface area contributed by atoms with Crippen molar-refractivity contribution >= 4 is 5.97 Å². The summed E-state index contributed by atoms with van der Waals surface area (Å²) in [6, 6.07) is 0. The molecule has 0 spiro atoms. The van der Waals surface area contributed by atoms with Crippen LogP contribution in [0.3, 0.4) is 0 Å². The van der Waals surface area contributed by atoms with Gasteiger partial charge in [0.05, 0.1) is 44.6 Å². The van der Waals surface area contributed by atoms with Gasteiger partial charge in [-0.1, -0.05) is 60.1 Å². The molecule has 4 saturated heterocycles. The maximum Gasteiger partial charge on any atom is 0.310 e. The Morgan fingerprint density at radius 3 is 1.80 bits per heavy atom. The van der Waals surface area contributed by atoms with Crippen molar-refractivity contribution in [3.63, 3.8) is 0 Å². The van der Waals surface area contributed by atoms with Crippen LogP contribution >= 0.6 is 0 Å². The number of allylic oxidation sites excluding steroid dienone is 2. The van der Waals surface area contributed by atoms with Crippen LogP contribution in [0.1, 0.15) is 113 Å². The standard InChI is InChI=1S/C53H86O22/c1-47(2)14-16-52(46(65)66)17-15-50(6)24(25(52)18-47)8-9-30-49(5)12-11-31(48(3,4)29(49)10-13-51(30,50)7)72-44-40(75-42-36(62)35(61)32(58)26(19-54)69-42)39(34(60)28(21-56)71-44)74-43-37(63)38(33(59)27(20-55)70-43)73-45-41(64)53(67,22-57)23-68-45/h8,25-45,54-64,67H,9-23H2,1-7H3,(H,65,66)/t25-,26+,27+,28+,29-,30+,31-,32+,33-,34+,35-,36+,37+,38-,39-,40+,41-,42-,43-,44-,45-,49-,50+,51+,52-,53+/m0/s1. The molecule has 0 bridgehead atoms. The molecular weight excluding hydrogens is 989 g/mol. The Kier molecular flexibility index (Phi) is 16.1. The molecule has 4 saturated carbocycles. The highest BCUT2D eigenvalue weighted by Gasteiger charge is 2.70.